The topological polar surface area (TPSA) is 199 Å². The number of carbonyl (C=O) groups is 2. The number of amides is 3. The number of carbonyl (C=O) groups excluding carboxylic acids is 2. The molecule has 5 aromatic rings. The van der Waals surface area contributed by atoms with Crippen molar-refractivity contribution in [3.05, 3.63) is 84.6 Å². The minimum Gasteiger partial charge on any atom is -0.495 e. The van der Waals surface area contributed by atoms with Gasteiger partial charge in [0.25, 0.3) is 10.0 Å². The number of ether oxygens (including phenoxy) is 3. The van der Waals surface area contributed by atoms with Crippen molar-refractivity contribution in [1.29, 1.82) is 0 Å². The number of nitrogens with zero attached hydrogens (tertiary/aromatic N) is 2. The Morgan fingerprint density at radius 2 is 1.56 bits per heavy atom. The predicted octanol–water partition coefficient (Wildman–Crippen LogP) is 7.04. The fourth-order valence-electron chi connectivity index (χ4n) is 5.30. The van der Waals surface area contributed by atoms with Gasteiger partial charge in [-0.15, -0.1) is 0 Å². The summed E-state index contributed by atoms with van der Waals surface area (Å²) in [5.74, 6) is 0.501. The normalized spacial score (nSPS) is 12.0. The summed E-state index contributed by atoms with van der Waals surface area (Å²) in [6.07, 6.45) is 3.00. The third kappa shape index (κ3) is 9.34. The van der Waals surface area contributed by atoms with E-state index in [1.807, 2.05) is 61.9 Å². The van der Waals surface area contributed by atoms with Crippen LogP contribution in [0.4, 0.5) is 33.5 Å². The number of sulfonamides is 1. The number of benzene rings is 4. The van der Waals surface area contributed by atoms with Crippen LogP contribution in [0.25, 0.3) is 10.8 Å². The number of aromatic nitrogens is 2. The molecule has 0 spiro atoms. The van der Waals surface area contributed by atoms with Crippen molar-refractivity contribution >= 4 is 72.4 Å². The van der Waals surface area contributed by atoms with E-state index in [9.17, 15) is 22.2 Å². The lowest BCUT2D eigenvalue weighted by atomic mass is 9.86. The van der Waals surface area contributed by atoms with Gasteiger partial charge in [-0.1, -0.05) is 52.0 Å². The molecular formula is C37H41N7O8S2. The van der Waals surface area contributed by atoms with Crippen LogP contribution in [0.3, 0.4) is 0 Å². The van der Waals surface area contributed by atoms with E-state index in [1.54, 1.807) is 25.1 Å². The first-order valence-electron chi connectivity index (χ1n) is 16.6. The van der Waals surface area contributed by atoms with E-state index in [-0.39, 0.29) is 34.3 Å². The lowest BCUT2D eigenvalue weighted by Crippen LogP contribution is -2.30. The second-order valence-corrected chi connectivity index (χ2v) is 15.6. The highest BCUT2D eigenvalue weighted by atomic mass is 32.2. The Morgan fingerprint density at radius 1 is 0.852 bits per heavy atom. The Labute approximate surface area is 315 Å². The molecule has 1 heterocycles. The molecule has 4 aromatic carbocycles. The minimum atomic E-state index is -4.15. The molecule has 0 saturated heterocycles. The Bertz CT molecular complexity index is 2350. The summed E-state index contributed by atoms with van der Waals surface area (Å²) in [4.78, 5) is 33.7. The molecule has 3 amide bonds. The summed E-state index contributed by atoms with van der Waals surface area (Å²) in [5.41, 5.74) is 2.42. The predicted molar refractivity (Wildman–Crippen MR) is 210 cm³/mol. The summed E-state index contributed by atoms with van der Waals surface area (Å²) in [6, 6.07) is 19.7. The van der Waals surface area contributed by atoms with Crippen LogP contribution in [-0.4, -0.2) is 55.0 Å². The number of rotatable bonds is 13. The Morgan fingerprint density at radius 3 is 2.22 bits per heavy atom. The second-order valence-electron chi connectivity index (χ2n) is 12.8. The molecule has 0 fully saturated rings. The largest absolute Gasteiger partial charge is 0.495 e. The summed E-state index contributed by atoms with van der Waals surface area (Å²) < 4.78 is 59.5. The van der Waals surface area contributed by atoms with Crippen LogP contribution in [0, 0.1) is 0 Å². The van der Waals surface area contributed by atoms with Crippen molar-refractivity contribution in [2.24, 2.45) is 0 Å². The standard InChI is InChI=1S/C37H41N7O8S2/c1-8-32(45)44-54(48,49)31-16-13-23(21-30(31)50-5)39-35-38-18-17-33(42-35)52-29-15-14-26(24-11-9-10-12-25(24)29)40-36(46)41-27-19-22(37(2,3)4)20-28(34(27)51-6)43-53(7)47/h9-21,43H,8H2,1-7H3,(H,44,45)(H,38,39,42)(H2,40,41,46). The lowest BCUT2D eigenvalue weighted by molar-refractivity contribution is -0.119. The summed E-state index contributed by atoms with van der Waals surface area (Å²) in [5, 5.41) is 10.2. The third-order valence-corrected chi connectivity index (χ3v) is 9.84. The summed E-state index contributed by atoms with van der Waals surface area (Å²) in [6.45, 7) is 7.64. The molecule has 0 aliphatic carbocycles. The van der Waals surface area contributed by atoms with Crippen molar-refractivity contribution in [2.45, 2.75) is 44.4 Å². The van der Waals surface area contributed by atoms with Crippen molar-refractivity contribution in [1.82, 2.24) is 14.7 Å². The molecule has 284 valence electrons. The molecule has 0 aliphatic rings. The molecule has 1 atom stereocenters. The number of anilines is 5. The molecule has 15 nitrogen and oxygen atoms in total. The number of methoxy groups -OCH3 is 2. The highest BCUT2D eigenvalue weighted by molar-refractivity contribution is 7.90. The van der Waals surface area contributed by atoms with Gasteiger partial charge in [0.1, 0.15) is 27.4 Å². The maximum atomic E-state index is 13.4. The average Bonchev–Trinajstić information content (AvgIpc) is 3.11. The van der Waals surface area contributed by atoms with Crippen LogP contribution in [-0.2, 0) is 31.2 Å². The van der Waals surface area contributed by atoms with Gasteiger partial charge in [-0.2, -0.15) is 4.98 Å². The van der Waals surface area contributed by atoms with E-state index in [4.69, 9.17) is 14.2 Å². The Kier molecular flexibility index (Phi) is 11.9. The number of hydrogen-bond donors (Lipinski definition) is 5. The van der Waals surface area contributed by atoms with Gasteiger partial charge in [0.2, 0.25) is 17.7 Å². The van der Waals surface area contributed by atoms with Crippen LogP contribution < -0.4 is 39.6 Å². The van der Waals surface area contributed by atoms with E-state index in [2.05, 4.69) is 30.6 Å². The van der Waals surface area contributed by atoms with Gasteiger partial charge in [0.05, 0.1) is 31.3 Å². The molecule has 0 aliphatic heterocycles. The Balaban J connectivity index is 1.36. The van der Waals surface area contributed by atoms with E-state index >= 15 is 0 Å². The lowest BCUT2D eigenvalue weighted by Gasteiger charge is -2.24. The van der Waals surface area contributed by atoms with E-state index < -0.39 is 32.9 Å². The quantitative estimate of drug-likeness (QED) is 0.0822. The Hall–Kier alpha value is -5.94. The fourth-order valence-corrected chi connectivity index (χ4v) is 6.97. The van der Waals surface area contributed by atoms with Crippen molar-refractivity contribution in [2.75, 3.05) is 41.1 Å². The molecule has 1 aromatic heterocycles. The fraction of sp³-hybridized carbons (Fsp3) is 0.243. The molecule has 0 saturated carbocycles. The molecule has 0 radical (unpaired) electrons. The zero-order valence-corrected chi connectivity index (χ0v) is 32.3. The maximum Gasteiger partial charge on any atom is 0.323 e. The van der Waals surface area contributed by atoms with Gasteiger partial charge in [-0.3, -0.25) is 4.79 Å². The first-order chi connectivity index (χ1) is 25.6. The zero-order valence-electron chi connectivity index (χ0n) is 30.7. The minimum absolute atomic E-state index is 0.00127. The molecule has 5 rings (SSSR count). The number of hydrogen-bond acceptors (Lipinski definition) is 11. The van der Waals surface area contributed by atoms with Crippen molar-refractivity contribution in [3.8, 4) is 23.1 Å². The van der Waals surface area contributed by atoms with Crippen LogP contribution >= 0.6 is 0 Å². The maximum absolute atomic E-state index is 13.4. The highest BCUT2D eigenvalue weighted by Gasteiger charge is 2.23. The number of nitrogens with one attached hydrogen (secondary N) is 5. The van der Waals surface area contributed by atoms with Crippen LogP contribution in [0.15, 0.2) is 83.9 Å². The first-order valence-corrected chi connectivity index (χ1v) is 19.6. The van der Waals surface area contributed by atoms with Gasteiger partial charge in [-0.05, 0) is 47.4 Å². The monoisotopic (exact) mass is 775 g/mol. The van der Waals surface area contributed by atoms with Gasteiger partial charge >= 0.3 is 6.03 Å². The molecule has 5 N–H and O–H groups in total. The van der Waals surface area contributed by atoms with Crippen LogP contribution in [0.5, 0.6) is 23.1 Å². The van der Waals surface area contributed by atoms with Crippen LogP contribution in [0.2, 0.25) is 0 Å². The van der Waals surface area contributed by atoms with Gasteiger partial charge in [0.15, 0.2) is 5.75 Å². The second kappa shape index (κ2) is 16.4. The smallest absolute Gasteiger partial charge is 0.323 e. The van der Waals surface area contributed by atoms with E-state index in [0.29, 0.717) is 45.0 Å². The van der Waals surface area contributed by atoms with E-state index in [0.717, 1.165) is 5.56 Å². The molecule has 0 bridgehead atoms. The molecule has 54 heavy (non-hydrogen) atoms. The number of fused-ring (bicyclic) bond motifs is 1. The highest BCUT2D eigenvalue weighted by Crippen LogP contribution is 2.40. The van der Waals surface area contributed by atoms with Crippen LogP contribution in [0.1, 0.15) is 39.7 Å². The van der Waals surface area contributed by atoms with Gasteiger partial charge < -0.3 is 34.9 Å². The van der Waals surface area contributed by atoms with Gasteiger partial charge in [-0.25, -0.2) is 27.1 Å². The molecular weight excluding hydrogens is 735 g/mol. The summed E-state index contributed by atoms with van der Waals surface area (Å²) in [7, 11) is -2.74. The third-order valence-electron chi connectivity index (χ3n) is 7.92. The average molecular weight is 776 g/mol. The van der Waals surface area contributed by atoms with Gasteiger partial charge in [0, 0.05) is 47.5 Å². The SMILES string of the molecule is CCC(=O)NS(=O)(=O)c1ccc(Nc2nccc(Oc3ccc(NC(=O)Nc4cc(C(C)(C)C)cc(NS(C)=O)c4OC)c4ccccc34)n2)cc1OC. The molecule has 17 heteroatoms. The van der Waals surface area contributed by atoms with Crippen molar-refractivity contribution < 1.29 is 36.4 Å². The first kappa shape index (κ1) is 39.3. The molecule has 1 unspecified atom stereocenters. The van der Waals surface area contributed by atoms with E-state index in [1.165, 1.54) is 44.9 Å². The summed E-state index contributed by atoms with van der Waals surface area (Å²) >= 11 is 0. The zero-order chi connectivity index (χ0) is 39.2. The van der Waals surface area contributed by atoms with Crippen molar-refractivity contribution in [3.63, 3.8) is 0 Å². The number of urea groups is 1.